The number of hydrogen-bond donors (Lipinski definition) is 3. The van der Waals surface area contributed by atoms with Gasteiger partial charge < -0.3 is 24.4 Å². The molecule has 0 spiro atoms. The van der Waals surface area contributed by atoms with E-state index in [2.05, 4.69) is 38.4 Å². The van der Waals surface area contributed by atoms with Gasteiger partial charge in [-0.2, -0.15) is 5.10 Å². The number of benzene rings is 4. The van der Waals surface area contributed by atoms with Crippen LogP contribution < -0.4 is 25.2 Å². The van der Waals surface area contributed by atoms with E-state index in [1.807, 2.05) is 108 Å². The number of fused-ring (bicyclic) bond motifs is 3. The molecule has 73 heavy (non-hydrogen) atoms. The molecule has 17 heteroatoms. The molecule has 3 fully saturated rings. The van der Waals surface area contributed by atoms with Gasteiger partial charge in [-0.05, 0) is 117 Å². The second-order valence-electron chi connectivity index (χ2n) is 19.8. The molecule has 4 aromatic carbocycles. The molecule has 2 saturated heterocycles. The van der Waals surface area contributed by atoms with E-state index in [4.69, 9.17) is 19.6 Å². The monoisotopic (exact) mass is 1000 g/mol. The van der Waals surface area contributed by atoms with Crippen molar-refractivity contribution < 1.29 is 33.8 Å². The van der Waals surface area contributed by atoms with Crippen LogP contribution in [0, 0.1) is 6.92 Å². The van der Waals surface area contributed by atoms with Crippen molar-refractivity contribution in [1.29, 1.82) is 0 Å². The van der Waals surface area contributed by atoms with Gasteiger partial charge in [0.25, 0.3) is 5.91 Å². The van der Waals surface area contributed by atoms with Crippen molar-refractivity contribution in [2.75, 3.05) is 54.4 Å². The lowest BCUT2D eigenvalue weighted by Gasteiger charge is -2.40. The van der Waals surface area contributed by atoms with Gasteiger partial charge >= 0.3 is 5.97 Å². The van der Waals surface area contributed by atoms with E-state index in [1.54, 1.807) is 0 Å². The fraction of sp³-hybridized carbons (Fsp3) is 0.375. The average molecular weight is 1000 g/mol. The lowest BCUT2D eigenvalue weighted by molar-refractivity contribution is -0.134. The Morgan fingerprint density at radius 3 is 2.41 bits per heavy atom. The number of pyridine rings is 1. The number of carboxylic acid groups (broad SMARTS) is 1. The van der Waals surface area contributed by atoms with Gasteiger partial charge in [-0.1, -0.05) is 59.9 Å². The molecule has 0 radical (unpaired) electrons. The minimum atomic E-state index is -1.12. The summed E-state index contributed by atoms with van der Waals surface area (Å²) in [5.74, 6) is -1.02. The number of anilines is 3. The average Bonchev–Trinajstić information content (AvgIpc) is 3.98. The summed E-state index contributed by atoms with van der Waals surface area (Å²) >= 11 is 1.43. The molecular formula is C56H59N9O7S. The van der Waals surface area contributed by atoms with Gasteiger partial charge in [-0.25, -0.2) is 14.8 Å². The number of aromatic nitrogens is 4. The Balaban J connectivity index is 0.680. The molecule has 0 bridgehead atoms. The Bertz CT molecular complexity index is 3230. The number of ether oxygens (including phenoxy) is 2. The number of hydrogen-bond acceptors (Lipinski definition) is 13. The SMILES string of the molecule is Cc1c(OC2CCC(OC[C@@H](C)N3CCN(c4cccc5c(C6CCC(=O)NC6=O)nn(C)c45)CC3)CC2)cccc1-c1ccc(N2CCc3cccc(C(=O)Nc4nc5ccccc5s4)c3C2)nc1C(=O)O. The summed E-state index contributed by atoms with van der Waals surface area (Å²) in [5, 5.41) is 22.3. The molecule has 1 saturated carbocycles. The first kappa shape index (κ1) is 48.1. The van der Waals surface area contributed by atoms with Crippen molar-refractivity contribution >= 4 is 72.8 Å². The van der Waals surface area contributed by atoms with E-state index in [0.29, 0.717) is 61.0 Å². The summed E-state index contributed by atoms with van der Waals surface area (Å²) < 4.78 is 16.1. The largest absolute Gasteiger partial charge is 0.490 e. The number of thiazole rings is 1. The van der Waals surface area contributed by atoms with Gasteiger partial charge in [0.05, 0.1) is 51.8 Å². The van der Waals surface area contributed by atoms with Gasteiger partial charge in [0.1, 0.15) is 11.6 Å². The fourth-order valence-electron chi connectivity index (χ4n) is 11.2. The predicted octanol–water partition coefficient (Wildman–Crippen LogP) is 8.50. The summed E-state index contributed by atoms with van der Waals surface area (Å²) in [4.78, 5) is 67.4. The van der Waals surface area contributed by atoms with E-state index in [1.165, 1.54) is 11.3 Å². The third-order valence-corrected chi connectivity index (χ3v) is 16.2. The summed E-state index contributed by atoms with van der Waals surface area (Å²) in [6.07, 6.45) is 5.13. The fourth-order valence-corrected chi connectivity index (χ4v) is 12.1. The van der Waals surface area contributed by atoms with Gasteiger partial charge in [0.2, 0.25) is 11.8 Å². The van der Waals surface area contributed by atoms with Crippen LogP contribution in [-0.4, -0.2) is 111 Å². The molecule has 6 heterocycles. The van der Waals surface area contributed by atoms with Crippen LogP contribution in [0.2, 0.25) is 0 Å². The van der Waals surface area contributed by atoms with Crippen LogP contribution in [0.25, 0.3) is 32.2 Å². The van der Waals surface area contributed by atoms with Crippen LogP contribution >= 0.6 is 11.3 Å². The summed E-state index contributed by atoms with van der Waals surface area (Å²) in [5.41, 5.74) is 8.30. The molecule has 7 aromatic rings. The van der Waals surface area contributed by atoms with Crippen molar-refractivity contribution in [2.24, 2.45) is 7.05 Å². The van der Waals surface area contributed by atoms with E-state index in [-0.39, 0.29) is 41.7 Å². The first-order valence-electron chi connectivity index (χ1n) is 25.4. The van der Waals surface area contributed by atoms with Gasteiger partial charge in [0.15, 0.2) is 10.8 Å². The van der Waals surface area contributed by atoms with Crippen LogP contribution in [0.3, 0.4) is 0 Å². The highest BCUT2D eigenvalue weighted by Gasteiger charge is 2.34. The number of imide groups is 1. The van der Waals surface area contributed by atoms with Gasteiger partial charge in [-0.3, -0.25) is 34.6 Å². The Labute approximate surface area is 427 Å². The second-order valence-corrected chi connectivity index (χ2v) is 20.8. The number of nitrogens with zero attached hydrogens (tertiary/aromatic N) is 7. The smallest absolute Gasteiger partial charge is 0.355 e. The van der Waals surface area contributed by atoms with Crippen molar-refractivity contribution in [3.05, 3.63) is 125 Å². The molecular weight excluding hydrogens is 943 g/mol. The maximum absolute atomic E-state index is 13.7. The number of carbonyl (C=O) groups is 4. The van der Waals surface area contributed by atoms with Crippen LogP contribution in [0.5, 0.6) is 5.75 Å². The Morgan fingerprint density at radius 2 is 1.62 bits per heavy atom. The Morgan fingerprint density at radius 1 is 0.836 bits per heavy atom. The normalized spacial score (nSPS) is 20.0. The van der Waals surface area contributed by atoms with Crippen LogP contribution in [0.15, 0.2) is 91.0 Å². The summed E-state index contributed by atoms with van der Waals surface area (Å²) in [6.45, 7) is 9.40. The highest BCUT2D eigenvalue weighted by molar-refractivity contribution is 7.22. The molecule has 1 aliphatic carbocycles. The zero-order valence-electron chi connectivity index (χ0n) is 41.3. The van der Waals surface area contributed by atoms with Crippen molar-refractivity contribution in [3.63, 3.8) is 0 Å². The second kappa shape index (κ2) is 20.4. The zero-order valence-corrected chi connectivity index (χ0v) is 42.1. The number of nitrogens with one attached hydrogen (secondary N) is 2. The number of piperidine rings is 1. The molecule has 11 rings (SSSR count). The third kappa shape index (κ3) is 9.76. The van der Waals surface area contributed by atoms with Gasteiger partial charge in [0, 0.05) is 75.3 Å². The van der Waals surface area contributed by atoms with Crippen molar-refractivity contribution in [1.82, 2.24) is 30.0 Å². The highest BCUT2D eigenvalue weighted by Crippen LogP contribution is 2.38. The number of aryl methyl sites for hydroxylation is 1. The van der Waals surface area contributed by atoms with Crippen LogP contribution in [-0.2, 0) is 34.3 Å². The number of amides is 3. The lowest BCUT2D eigenvalue weighted by atomic mass is 9.92. The number of carbonyl (C=O) groups excluding carboxylic acids is 3. The molecule has 16 nitrogen and oxygen atoms in total. The Hall–Kier alpha value is -7.21. The van der Waals surface area contributed by atoms with E-state index >= 15 is 0 Å². The quantitative estimate of drug-likeness (QED) is 0.0936. The number of aromatic carboxylic acids is 1. The highest BCUT2D eigenvalue weighted by atomic mass is 32.1. The predicted molar refractivity (Wildman–Crippen MR) is 282 cm³/mol. The molecule has 2 atom stereocenters. The van der Waals surface area contributed by atoms with E-state index in [9.17, 15) is 24.3 Å². The Kier molecular flexibility index (Phi) is 13.4. The molecule has 3 amide bonds. The molecule has 3 aromatic heterocycles. The standard InChI is InChI=1S/C56H59N9O7S/c1-33(63-27-29-64(30-28-63)45-14-7-12-41-50(61-62(3)52(41)45)42-22-24-49(66)59-54(42)68)32-71-36-17-19-37(20-18-36)72-46-15-8-10-38(34(46)2)39-21-23-48(58-51(39)55(69)70)65-26-25-35-9-6-11-40(43(35)31-65)53(67)60-56-57-44-13-4-5-16-47(44)73-56/h4-16,21,23,33,36-37,42H,17-20,22,24-32H2,1-3H3,(H,69,70)(H,57,60,67)(H,59,66,68)/t33-,36?,37?,42?/m1/s1. The van der Waals surface area contributed by atoms with E-state index < -0.39 is 11.9 Å². The molecule has 376 valence electrons. The number of rotatable bonds is 13. The molecule has 3 N–H and O–H groups in total. The van der Waals surface area contributed by atoms with Gasteiger partial charge in [-0.15, -0.1) is 0 Å². The molecule has 3 aliphatic heterocycles. The van der Waals surface area contributed by atoms with Crippen LogP contribution in [0.4, 0.5) is 16.6 Å². The van der Waals surface area contributed by atoms with Crippen molar-refractivity contribution in [3.8, 4) is 16.9 Å². The zero-order chi connectivity index (χ0) is 50.3. The first-order valence-corrected chi connectivity index (χ1v) is 26.2. The summed E-state index contributed by atoms with van der Waals surface area (Å²) in [7, 11) is 1.93. The molecule has 1 unspecified atom stereocenters. The minimum absolute atomic E-state index is 0.0119. The number of carboxylic acids is 1. The summed E-state index contributed by atoms with van der Waals surface area (Å²) in [6, 6.07) is 29.5. The third-order valence-electron chi connectivity index (χ3n) is 15.2. The van der Waals surface area contributed by atoms with Crippen molar-refractivity contribution in [2.45, 2.75) is 89.5 Å². The van der Waals surface area contributed by atoms with E-state index in [0.717, 1.165) is 112 Å². The number of piperazine rings is 1. The molecule has 4 aliphatic rings. The number of para-hydroxylation sites is 2. The maximum Gasteiger partial charge on any atom is 0.355 e. The topological polar surface area (TPSA) is 184 Å². The lowest BCUT2D eigenvalue weighted by Crippen LogP contribution is -2.51. The first-order chi connectivity index (χ1) is 35.4. The maximum atomic E-state index is 13.7. The van der Waals surface area contributed by atoms with Crippen LogP contribution in [0.1, 0.15) is 94.6 Å². The minimum Gasteiger partial charge on any atom is -0.490 e.